The average molecular weight is 550 g/mol. The van der Waals surface area contributed by atoms with Gasteiger partial charge >= 0.3 is 0 Å². The van der Waals surface area contributed by atoms with Crippen LogP contribution in [-0.2, 0) is 19.6 Å². The minimum atomic E-state index is -0.0768. The predicted octanol–water partition coefficient (Wildman–Crippen LogP) is 3.91. The van der Waals surface area contributed by atoms with Crippen molar-refractivity contribution in [3.05, 3.63) is 70.8 Å². The number of halogens is 1. The molecule has 0 aromatic heterocycles. The number of amides is 1. The highest BCUT2D eigenvalue weighted by molar-refractivity contribution is 14.0. The number of likely N-dealkylation sites (tertiary alicyclic amines) is 1. The van der Waals surface area contributed by atoms with Crippen LogP contribution in [0.1, 0.15) is 53.2 Å². The first kappa shape index (κ1) is 26.1. The Morgan fingerprint density at radius 1 is 0.906 bits per heavy atom. The number of aliphatic imine (C=N–C) groups is 1. The summed E-state index contributed by atoms with van der Waals surface area (Å²) in [6.45, 7) is 7.64. The van der Waals surface area contributed by atoms with Crippen LogP contribution in [-0.4, -0.2) is 43.4 Å². The lowest BCUT2D eigenvalue weighted by molar-refractivity contribution is 0.0963. The van der Waals surface area contributed by atoms with Gasteiger partial charge in [0.15, 0.2) is 5.96 Å². The predicted molar refractivity (Wildman–Crippen MR) is 142 cm³/mol. The van der Waals surface area contributed by atoms with Crippen molar-refractivity contribution >= 4 is 35.8 Å². The highest BCUT2D eigenvalue weighted by Gasteiger charge is 2.10. The number of rotatable bonds is 8. The second-order valence-corrected chi connectivity index (χ2v) is 7.98. The molecule has 0 unspecified atom stereocenters. The average Bonchev–Trinajstić information content (AvgIpc) is 2.82. The molecule has 174 valence electrons. The molecule has 1 amide bonds. The van der Waals surface area contributed by atoms with Gasteiger partial charge in [0.25, 0.3) is 5.91 Å². The smallest absolute Gasteiger partial charge is 0.251 e. The molecule has 0 saturated carbocycles. The van der Waals surface area contributed by atoms with Crippen LogP contribution in [0, 0.1) is 0 Å². The Labute approximate surface area is 209 Å². The van der Waals surface area contributed by atoms with E-state index in [1.165, 1.54) is 43.5 Å². The fourth-order valence-electron chi connectivity index (χ4n) is 3.74. The molecule has 0 spiro atoms. The normalized spacial score (nSPS) is 14.4. The Morgan fingerprint density at radius 3 is 2.16 bits per heavy atom. The van der Waals surface area contributed by atoms with Crippen LogP contribution in [0.15, 0.2) is 53.5 Å². The van der Waals surface area contributed by atoms with Crippen LogP contribution in [0.5, 0.6) is 0 Å². The lowest BCUT2D eigenvalue weighted by Gasteiger charge is -2.26. The van der Waals surface area contributed by atoms with Gasteiger partial charge in [-0.1, -0.05) is 42.8 Å². The number of carbonyl (C=O) groups excluding carboxylic acids is 1. The van der Waals surface area contributed by atoms with E-state index in [1.54, 1.807) is 7.05 Å². The van der Waals surface area contributed by atoms with Gasteiger partial charge in [-0.15, -0.1) is 24.0 Å². The number of hydrogen-bond acceptors (Lipinski definition) is 3. The van der Waals surface area contributed by atoms with Gasteiger partial charge in [0.1, 0.15) is 0 Å². The molecule has 32 heavy (non-hydrogen) atoms. The highest BCUT2D eigenvalue weighted by atomic mass is 127. The Hall–Kier alpha value is -2.13. The van der Waals surface area contributed by atoms with E-state index in [0.717, 1.165) is 31.2 Å². The quantitative estimate of drug-likeness (QED) is 0.266. The van der Waals surface area contributed by atoms with Gasteiger partial charge in [-0.3, -0.25) is 9.69 Å². The molecule has 1 aliphatic rings. The van der Waals surface area contributed by atoms with E-state index in [0.29, 0.717) is 12.1 Å². The van der Waals surface area contributed by atoms with Crippen LogP contribution in [0.4, 0.5) is 0 Å². The van der Waals surface area contributed by atoms with Gasteiger partial charge in [-0.05, 0) is 61.7 Å². The van der Waals surface area contributed by atoms with E-state index < -0.39 is 0 Å². The zero-order chi connectivity index (χ0) is 21.9. The molecule has 1 aliphatic heterocycles. The van der Waals surface area contributed by atoms with Gasteiger partial charge in [-0.25, -0.2) is 4.99 Å². The largest absolute Gasteiger partial charge is 0.357 e. The molecule has 1 heterocycles. The summed E-state index contributed by atoms with van der Waals surface area (Å²) in [5.41, 5.74) is 4.34. The molecule has 7 heteroatoms. The summed E-state index contributed by atoms with van der Waals surface area (Å²) in [5.74, 6) is 0.710. The second-order valence-electron chi connectivity index (χ2n) is 7.98. The van der Waals surface area contributed by atoms with Crippen LogP contribution in [0.25, 0.3) is 0 Å². The van der Waals surface area contributed by atoms with Gasteiger partial charge in [0, 0.05) is 32.2 Å². The zero-order valence-electron chi connectivity index (χ0n) is 19.2. The fourth-order valence-corrected chi connectivity index (χ4v) is 3.74. The van der Waals surface area contributed by atoms with Crippen molar-refractivity contribution in [2.45, 2.75) is 45.8 Å². The van der Waals surface area contributed by atoms with Crippen LogP contribution >= 0.6 is 24.0 Å². The molecule has 2 aromatic carbocycles. The molecule has 1 fully saturated rings. The Balaban J connectivity index is 0.00000363. The summed E-state index contributed by atoms with van der Waals surface area (Å²) >= 11 is 0. The third-order valence-corrected chi connectivity index (χ3v) is 5.54. The third kappa shape index (κ3) is 8.43. The van der Waals surface area contributed by atoms with Crippen molar-refractivity contribution < 1.29 is 4.79 Å². The number of nitrogens with zero attached hydrogens (tertiary/aromatic N) is 2. The van der Waals surface area contributed by atoms with E-state index in [4.69, 9.17) is 0 Å². The number of hydrogen-bond donors (Lipinski definition) is 3. The number of carbonyl (C=O) groups is 1. The van der Waals surface area contributed by atoms with Crippen LogP contribution in [0.3, 0.4) is 0 Å². The summed E-state index contributed by atoms with van der Waals surface area (Å²) < 4.78 is 0. The van der Waals surface area contributed by atoms with Crippen molar-refractivity contribution in [3.63, 3.8) is 0 Å². The summed E-state index contributed by atoms with van der Waals surface area (Å²) in [4.78, 5) is 18.9. The van der Waals surface area contributed by atoms with Crippen molar-refractivity contribution in [2.24, 2.45) is 4.99 Å². The first-order valence-electron chi connectivity index (χ1n) is 11.3. The van der Waals surface area contributed by atoms with Gasteiger partial charge in [-0.2, -0.15) is 0 Å². The van der Waals surface area contributed by atoms with E-state index in [9.17, 15) is 4.79 Å². The monoisotopic (exact) mass is 549 g/mol. The number of benzene rings is 2. The topological polar surface area (TPSA) is 68.8 Å². The Kier molecular flexibility index (Phi) is 11.5. The fraction of sp³-hybridized carbons (Fsp3) is 0.440. The SMILES string of the molecule is CCNC(=NCc1ccc(C(=O)NC)cc1)NCc1ccc(CN2CCCCC2)cc1.I. The van der Waals surface area contributed by atoms with Gasteiger partial charge < -0.3 is 16.0 Å². The van der Waals surface area contributed by atoms with Crippen molar-refractivity contribution in [2.75, 3.05) is 26.7 Å². The lowest BCUT2D eigenvalue weighted by Crippen LogP contribution is -2.36. The minimum Gasteiger partial charge on any atom is -0.357 e. The molecule has 0 bridgehead atoms. The highest BCUT2D eigenvalue weighted by Crippen LogP contribution is 2.13. The Bertz CT molecular complexity index is 846. The molecular formula is C25H36IN5O. The number of nitrogens with one attached hydrogen (secondary N) is 3. The van der Waals surface area contributed by atoms with Crippen molar-refractivity contribution in [1.82, 2.24) is 20.9 Å². The Morgan fingerprint density at radius 2 is 1.53 bits per heavy atom. The second kappa shape index (κ2) is 14.1. The molecule has 3 rings (SSSR count). The minimum absolute atomic E-state index is 0. The molecular weight excluding hydrogens is 513 g/mol. The van der Waals surface area contributed by atoms with E-state index >= 15 is 0 Å². The summed E-state index contributed by atoms with van der Waals surface area (Å²) in [6.07, 6.45) is 4.03. The molecule has 6 nitrogen and oxygen atoms in total. The molecule has 1 saturated heterocycles. The molecule has 0 aliphatic carbocycles. The zero-order valence-corrected chi connectivity index (χ0v) is 21.5. The maximum atomic E-state index is 11.7. The molecule has 2 aromatic rings. The van der Waals surface area contributed by atoms with Crippen molar-refractivity contribution in [1.29, 1.82) is 0 Å². The standard InChI is InChI=1S/C25H35N5O.HI/c1-3-27-25(29-18-21-11-13-23(14-12-21)24(31)26-2)28-17-20-7-9-22(10-8-20)19-30-15-5-4-6-16-30;/h7-14H,3-6,15-19H2,1-2H3,(H,26,31)(H2,27,28,29);1H. The van der Waals surface area contributed by atoms with Crippen LogP contribution < -0.4 is 16.0 Å². The molecule has 0 atom stereocenters. The van der Waals surface area contributed by atoms with Crippen molar-refractivity contribution in [3.8, 4) is 0 Å². The van der Waals surface area contributed by atoms with E-state index in [1.807, 2.05) is 24.3 Å². The van der Waals surface area contributed by atoms with Gasteiger partial charge in [0.2, 0.25) is 0 Å². The molecule has 3 N–H and O–H groups in total. The van der Waals surface area contributed by atoms with E-state index in [2.05, 4.69) is 57.0 Å². The first-order valence-corrected chi connectivity index (χ1v) is 11.3. The lowest BCUT2D eigenvalue weighted by atomic mass is 10.1. The summed E-state index contributed by atoms with van der Waals surface area (Å²) in [7, 11) is 1.64. The summed E-state index contributed by atoms with van der Waals surface area (Å²) in [5, 5.41) is 9.34. The number of piperidine rings is 1. The maximum absolute atomic E-state index is 11.7. The maximum Gasteiger partial charge on any atom is 0.251 e. The first-order chi connectivity index (χ1) is 15.2. The third-order valence-electron chi connectivity index (χ3n) is 5.54. The van der Waals surface area contributed by atoms with E-state index in [-0.39, 0.29) is 29.9 Å². The number of guanidine groups is 1. The van der Waals surface area contributed by atoms with Crippen LogP contribution in [0.2, 0.25) is 0 Å². The summed E-state index contributed by atoms with van der Waals surface area (Å²) in [6, 6.07) is 16.4. The van der Waals surface area contributed by atoms with Gasteiger partial charge in [0.05, 0.1) is 6.54 Å². The molecule has 0 radical (unpaired) electrons.